The van der Waals surface area contributed by atoms with Gasteiger partial charge in [-0.15, -0.1) is 0 Å². The molecule has 0 radical (unpaired) electrons. The van der Waals surface area contributed by atoms with Gasteiger partial charge in [0.05, 0.1) is 18.8 Å². The van der Waals surface area contributed by atoms with E-state index in [1.165, 1.54) is 38.5 Å². The van der Waals surface area contributed by atoms with Crippen molar-refractivity contribution >= 4 is 0 Å². The van der Waals surface area contributed by atoms with Gasteiger partial charge in [-0.25, -0.2) is 0 Å². The molecular formula is C22H45NO4. The third-order valence-corrected chi connectivity index (χ3v) is 5.10. The molecule has 0 aromatic carbocycles. The number of ether oxygens (including phenoxy) is 4. The van der Waals surface area contributed by atoms with Crippen LogP contribution in [0.3, 0.4) is 0 Å². The van der Waals surface area contributed by atoms with Crippen LogP contribution >= 0.6 is 0 Å². The van der Waals surface area contributed by atoms with E-state index in [0.717, 1.165) is 26.1 Å². The smallest absolute Gasteiger partial charge is 0.173 e. The highest BCUT2D eigenvalue weighted by molar-refractivity contribution is 4.75. The predicted molar refractivity (Wildman–Crippen MR) is 111 cm³/mol. The van der Waals surface area contributed by atoms with E-state index >= 15 is 0 Å². The van der Waals surface area contributed by atoms with Gasteiger partial charge in [0.25, 0.3) is 0 Å². The van der Waals surface area contributed by atoms with Gasteiger partial charge in [0, 0.05) is 19.8 Å². The molecule has 1 rings (SSSR count). The highest BCUT2D eigenvalue weighted by Gasteiger charge is 2.32. The second-order valence-corrected chi connectivity index (χ2v) is 8.11. The topological polar surface area (TPSA) is 49.0 Å². The number of unbranched alkanes of at least 4 members (excludes halogenated alkanes) is 6. The molecule has 0 aromatic heterocycles. The average Bonchev–Trinajstić information content (AvgIpc) is 3.15. The summed E-state index contributed by atoms with van der Waals surface area (Å²) in [5.41, 5.74) is 0. The zero-order valence-electron chi connectivity index (χ0n) is 18.5. The summed E-state index contributed by atoms with van der Waals surface area (Å²) in [6.45, 7) is 13.8. The average molecular weight is 388 g/mol. The molecule has 0 aromatic rings. The van der Waals surface area contributed by atoms with Crippen LogP contribution in [0.4, 0.5) is 0 Å². The maximum atomic E-state index is 6.00. The van der Waals surface area contributed by atoms with Crippen LogP contribution in [0.2, 0.25) is 0 Å². The molecule has 0 amide bonds. The molecule has 162 valence electrons. The van der Waals surface area contributed by atoms with Crippen molar-refractivity contribution in [3.63, 3.8) is 0 Å². The summed E-state index contributed by atoms with van der Waals surface area (Å²) in [5, 5.41) is 3.49. The van der Waals surface area contributed by atoms with Gasteiger partial charge >= 0.3 is 0 Å². The Hall–Kier alpha value is -0.200. The fourth-order valence-electron chi connectivity index (χ4n) is 3.08. The third-order valence-electron chi connectivity index (χ3n) is 5.10. The third kappa shape index (κ3) is 11.4. The van der Waals surface area contributed by atoms with Crippen LogP contribution in [0.5, 0.6) is 0 Å². The first kappa shape index (κ1) is 24.8. The molecule has 3 unspecified atom stereocenters. The lowest BCUT2D eigenvalue weighted by atomic mass is 10.1. The van der Waals surface area contributed by atoms with Crippen LogP contribution in [0, 0.1) is 5.92 Å². The Labute approximate surface area is 167 Å². The van der Waals surface area contributed by atoms with Crippen molar-refractivity contribution in [1.82, 2.24) is 5.32 Å². The Balaban J connectivity index is 2.30. The van der Waals surface area contributed by atoms with Crippen LogP contribution in [0.15, 0.2) is 0 Å². The fourth-order valence-corrected chi connectivity index (χ4v) is 3.08. The second kappa shape index (κ2) is 15.7. The summed E-state index contributed by atoms with van der Waals surface area (Å²) in [6.07, 6.45) is 9.50. The lowest BCUT2D eigenvalue weighted by molar-refractivity contribution is -0.146. The van der Waals surface area contributed by atoms with Gasteiger partial charge in [-0.2, -0.15) is 0 Å². The van der Waals surface area contributed by atoms with Gasteiger partial charge in [-0.05, 0) is 25.7 Å². The quantitative estimate of drug-likeness (QED) is 0.285. The lowest BCUT2D eigenvalue weighted by Gasteiger charge is -2.24. The molecule has 1 N–H and O–H groups in total. The van der Waals surface area contributed by atoms with E-state index in [9.17, 15) is 0 Å². The first-order valence-corrected chi connectivity index (χ1v) is 11.3. The Kier molecular flexibility index (Phi) is 14.4. The Morgan fingerprint density at radius 2 is 1.48 bits per heavy atom. The van der Waals surface area contributed by atoms with E-state index in [2.05, 4.69) is 39.9 Å². The first-order valence-electron chi connectivity index (χ1n) is 11.3. The Morgan fingerprint density at radius 1 is 0.889 bits per heavy atom. The first-order chi connectivity index (χ1) is 13.1. The molecule has 5 nitrogen and oxygen atoms in total. The van der Waals surface area contributed by atoms with Gasteiger partial charge in [-0.1, -0.05) is 66.2 Å². The molecule has 0 aliphatic carbocycles. The van der Waals surface area contributed by atoms with Crippen LogP contribution < -0.4 is 5.32 Å². The van der Waals surface area contributed by atoms with Crippen molar-refractivity contribution in [1.29, 1.82) is 0 Å². The van der Waals surface area contributed by atoms with E-state index in [4.69, 9.17) is 18.9 Å². The molecule has 1 aliphatic heterocycles. The molecule has 1 saturated heterocycles. The van der Waals surface area contributed by atoms with Crippen molar-refractivity contribution in [3.05, 3.63) is 0 Å². The van der Waals surface area contributed by atoms with Crippen molar-refractivity contribution in [2.24, 2.45) is 5.92 Å². The second-order valence-electron chi connectivity index (χ2n) is 8.11. The largest absolute Gasteiger partial charge is 0.351 e. The zero-order chi connectivity index (χ0) is 19.9. The van der Waals surface area contributed by atoms with Crippen LogP contribution in [-0.4, -0.2) is 51.1 Å². The monoisotopic (exact) mass is 387 g/mol. The molecule has 1 fully saturated rings. The Morgan fingerprint density at radius 3 is 1.96 bits per heavy atom. The summed E-state index contributed by atoms with van der Waals surface area (Å²) in [6, 6.07) is 0.114. The van der Waals surface area contributed by atoms with Gasteiger partial charge in [0.1, 0.15) is 0 Å². The van der Waals surface area contributed by atoms with Crippen LogP contribution in [0.1, 0.15) is 86.0 Å². The van der Waals surface area contributed by atoms with Crippen molar-refractivity contribution in [2.45, 2.75) is 111 Å². The van der Waals surface area contributed by atoms with Crippen molar-refractivity contribution in [3.8, 4) is 0 Å². The van der Waals surface area contributed by atoms with Gasteiger partial charge in [-0.3, -0.25) is 0 Å². The van der Waals surface area contributed by atoms with Gasteiger partial charge < -0.3 is 24.3 Å². The molecule has 27 heavy (non-hydrogen) atoms. The molecule has 3 atom stereocenters. The molecular weight excluding hydrogens is 342 g/mol. The maximum absolute atomic E-state index is 6.00. The van der Waals surface area contributed by atoms with Crippen molar-refractivity contribution in [2.75, 3.05) is 26.4 Å². The minimum absolute atomic E-state index is 0.114. The maximum Gasteiger partial charge on any atom is 0.173 e. The highest BCUT2D eigenvalue weighted by Crippen LogP contribution is 2.20. The van der Waals surface area contributed by atoms with E-state index in [0.29, 0.717) is 19.1 Å². The molecule has 1 aliphatic rings. The number of hydrogen-bond donors (Lipinski definition) is 1. The minimum atomic E-state index is -0.196. The SMILES string of the molecule is CCCCCCOC(CNC(C)C1OCC(C(C)C)O1)OCCCCCC. The number of rotatable bonds is 17. The molecule has 1 heterocycles. The van der Waals surface area contributed by atoms with Crippen LogP contribution in [-0.2, 0) is 18.9 Å². The van der Waals surface area contributed by atoms with Gasteiger partial charge in [0.15, 0.2) is 12.6 Å². The van der Waals surface area contributed by atoms with E-state index in [-0.39, 0.29) is 24.7 Å². The standard InChI is InChI=1S/C22H45NO4/c1-6-8-10-12-14-24-21(25-15-13-11-9-7-2)16-23-19(5)22-26-17-20(27-22)18(3)4/h18-23H,6-17H2,1-5H3. The minimum Gasteiger partial charge on any atom is -0.351 e. The molecule has 0 spiro atoms. The van der Waals surface area contributed by atoms with Crippen LogP contribution in [0.25, 0.3) is 0 Å². The fraction of sp³-hybridized carbons (Fsp3) is 1.00. The summed E-state index contributed by atoms with van der Waals surface area (Å²) in [4.78, 5) is 0. The summed E-state index contributed by atoms with van der Waals surface area (Å²) in [5.74, 6) is 0.479. The normalized spacial score (nSPS) is 21.4. The molecule has 0 saturated carbocycles. The molecule has 5 heteroatoms. The lowest BCUT2D eigenvalue weighted by Crippen LogP contribution is -2.43. The summed E-state index contributed by atoms with van der Waals surface area (Å²) in [7, 11) is 0. The van der Waals surface area contributed by atoms with E-state index < -0.39 is 0 Å². The molecule has 0 bridgehead atoms. The van der Waals surface area contributed by atoms with Gasteiger partial charge in [0.2, 0.25) is 0 Å². The summed E-state index contributed by atoms with van der Waals surface area (Å²) < 4.78 is 23.8. The Bertz CT molecular complexity index is 326. The summed E-state index contributed by atoms with van der Waals surface area (Å²) >= 11 is 0. The number of nitrogens with one attached hydrogen (secondary N) is 1. The van der Waals surface area contributed by atoms with Crippen molar-refractivity contribution < 1.29 is 18.9 Å². The van der Waals surface area contributed by atoms with E-state index in [1.54, 1.807) is 0 Å². The number of hydrogen-bond acceptors (Lipinski definition) is 5. The highest BCUT2D eigenvalue weighted by atomic mass is 16.7. The van der Waals surface area contributed by atoms with E-state index in [1.807, 2.05) is 0 Å². The zero-order valence-corrected chi connectivity index (χ0v) is 18.5. The predicted octanol–water partition coefficient (Wildman–Crippen LogP) is 4.88.